The van der Waals surface area contributed by atoms with Crippen LogP contribution in [-0.2, 0) is 0 Å². The van der Waals surface area contributed by atoms with Gasteiger partial charge in [0, 0.05) is 18.4 Å². The summed E-state index contributed by atoms with van der Waals surface area (Å²) >= 11 is 0. The predicted octanol–water partition coefficient (Wildman–Crippen LogP) is 2.94. The van der Waals surface area contributed by atoms with Crippen LogP contribution in [0, 0.1) is 12.8 Å². The molecule has 90 valence electrons. The van der Waals surface area contributed by atoms with Crippen LogP contribution in [-0.4, -0.2) is 17.6 Å². The minimum atomic E-state index is 0.605. The lowest BCUT2D eigenvalue weighted by atomic mass is 9.79. The highest BCUT2D eigenvalue weighted by molar-refractivity contribution is 5.66. The van der Waals surface area contributed by atoms with Crippen LogP contribution >= 0.6 is 0 Å². The SMILES string of the molecule is Cc1cncc(C2=CC3NCCCC3CC2)c1. The van der Waals surface area contributed by atoms with Crippen LogP contribution in [0.1, 0.15) is 36.8 Å². The summed E-state index contributed by atoms with van der Waals surface area (Å²) in [5.74, 6) is 0.866. The topological polar surface area (TPSA) is 24.9 Å². The van der Waals surface area contributed by atoms with Crippen molar-refractivity contribution in [3.05, 3.63) is 35.7 Å². The molecule has 0 radical (unpaired) electrons. The Morgan fingerprint density at radius 1 is 1.29 bits per heavy atom. The number of aryl methyl sites for hydroxylation is 1. The highest BCUT2D eigenvalue weighted by Crippen LogP contribution is 2.34. The monoisotopic (exact) mass is 228 g/mol. The van der Waals surface area contributed by atoms with Crippen LogP contribution in [0.25, 0.3) is 5.57 Å². The third-order valence-electron chi connectivity index (χ3n) is 4.05. The van der Waals surface area contributed by atoms with Crippen molar-refractivity contribution in [3.63, 3.8) is 0 Å². The lowest BCUT2D eigenvalue weighted by Crippen LogP contribution is -2.41. The molecule has 2 heterocycles. The van der Waals surface area contributed by atoms with Gasteiger partial charge in [-0.1, -0.05) is 6.08 Å². The van der Waals surface area contributed by atoms with Crippen LogP contribution < -0.4 is 5.32 Å². The number of hydrogen-bond donors (Lipinski definition) is 1. The van der Waals surface area contributed by atoms with E-state index in [9.17, 15) is 0 Å². The lowest BCUT2D eigenvalue weighted by molar-refractivity contribution is 0.298. The third kappa shape index (κ3) is 2.27. The number of aromatic nitrogens is 1. The molecule has 3 rings (SSSR count). The zero-order valence-corrected chi connectivity index (χ0v) is 10.4. The fourth-order valence-electron chi connectivity index (χ4n) is 3.11. The van der Waals surface area contributed by atoms with Gasteiger partial charge in [0.15, 0.2) is 0 Å². The minimum absolute atomic E-state index is 0.605. The zero-order valence-electron chi connectivity index (χ0n) is 10.4. The quantitative estimate of drug-likeness (QED) is 0.799. The predicted molar refractivity (Wildman–Crippen MR) is 70.7 cm³/mol. The summed E-state index contributed by atoms with van der Waals surface area (Å²) in [6.45, 7) is 3.29. The van der Waals surface area contributed by atoms with Gasteiger partial charge in [0.05, 0.1) is 0 Å². The molecule has 1 aliphatic carbocycles. The van der Waals surface area contributed by atoms with Crippen molar-refractivity contribution >= 4 is 5.57 Å². The fourth-order valence-corrected chi connectivity index (χ4v) is 3.11. The van der Waals surface area contributed by atoms with Gasteiger partial charge in [-0.25, -0.2) is 0 Å². The number of pyridine rings is 1. The Balaban J connectivity index is 1.86. The van der Waals surface area contributed by atoms with E-state index in [1.165, 1.54) is 48.9 Å². The van der Waals surface area contributed by atoms with Gasteiger partial charge in [-0.2, -0.15) is 0 Å². The molecule has 1 aromatic heterocycles. The molecule has 1 fully saturated rings. The number of nitrogens with zero attached hydrogens (tertiary/aromatic N) is 1. The van der Waals surface area contributed by atoms with E-state index >= 15 is 0 Å². The Morgan fingerprint density at radius 2 is 2.24 bits per heavy atom. The van der Waals surface area contributed by atoms with E-state index in [1.807, 2.05) is 12.4 Å². The molecule has 1 N–H and O–H groups in total. The molecule has 0 saturated carbocycles. The largest absolute Gasteiger partial charge is 0.310 e. The van der Waals surface area contributed by atoms with Gasteiger partial charge in [-0.15, -0.1) is 0 Å². The van der Waals surface area contributed by atoms with Gasteiger partial charge in [-0.05, 0) is 67.8 Å². The number of nitrogens with one attached hydrogen (secondary N) is 1. The highest BCUT2D eigenvalue weighted by Gasteiger charge is 2.27. The molecular weight excluding hydrogens is 208 g/mol. The van der Waals surface area contributed by atoms with Crippen LogP contribution in [0.4, 0.5) is 0 Å². The van der Waals surface area contributed by atoms with Crippen LogP contribution in [0.5, 0.6) is 0 Å². The Kier molecular flexibility index (Phi) is 2.98. The first kappa shape index (κ1) is 11.0. The molecule has 2 unspecified atom stereocenters. The second kappa shape index (κ2) is 4.61. The number of rotatable bonds is 1. The Bertz CT molecular complexity index is 436. The second-order valence-electron chi connectivity index (χ2n) is 5.36. The van der Waals surface area contributed by atoms with E-state index in [-0.39, 0.29) is 0 Å². The number of piperidine rings is 1. The van der Waals surface area contributed by atoms with Crippen molar-refractivity contribution in [2.75, 3.05) is 6.54 Å². The normalized spacial score (nSPS) is 28.4. The molecule has 17 heavy (non-hydrogen) atoms. The van der Waals surface area contributed by atoms with Crippen molar-refractivity contribution in [2.45, 2.75) is 38.6 Å². The van der Waals surface area contributed by atoms with Crippen molar-refractivity contribution in [3.8, 4) is 0 Å². The van der Waals surface area contributed by atoms with E-state index < -0.39 is 0 Å². The first-order valence-electron chi connectivity index (χ1n) is 6.69. The first-order valence-corrected chi connectivity index (χ1v) is 6.69. The average molecular weight is 228 g/mol. The zero-order chi connectivity index (χ0) is 11.7. The molecule has 1 aromatic rings. The smallest absolute Gasteiger partial charge is 0.0343 e. The summed E-state index contributed by atoms with van der Waals surface area (Å²) in [5.41, 5.74) is 4.05. The van der Waals surface area contributed by atoms with Crippen molar-refractivity contribution in [2.24, 2.45) is 5.92 Å². The average Bonchev–Trinajstić information content (AvgIpc) is 2.38. The molecule has 1 saturated heterocycles. The third-order valence-corrected chi connectivity index (χ3v) is 4.05. The maximum atomic E-state index is 4.30. The van der Waals surface area contributed by atoms with Gasteiger partial charge in [0.1, 0.15) is 0 Å². The van der Waals surface area contributed by atoms with Crippen molar-refractivity contribution < 1.29 is 0 Å². The van der Waals surface area contributed by atoms with Gasteiger partial charge in [-0.3, -0.25) is 4.98 Å². The molecule has 2 atom stereocenters. The van der Waals surface area contributed by atoms with Crippen LogP contribution in [0.15, 0.2) is 24.5 Å². The fraction of sp³-hybridized carbons (Fsp3) is 0.533. The molecule has 0 bridgehead atoms. The first-order chi connectivity index (χ1) is 8.33. The molecule has 2 aliphatic rings. The highest BCUT2D eigenvalue weighted by atomic mass is 14.9. The summed E-state index contributed by atoms with van der Waals surface area (Å²) in [5, 5.41) is 3.64. The molecule has 0 aromatic carbocycles. The Morgan fingerprint density at radius 3 is 3.12 bits per heavy atom. The van der Waals surface area contributed by atoms with E-state index in [2.05, 4.69) is 29.4 Å². The molecule has 2 nitrogen and oxygen atoms in total. The Labute approximate surface area is 103 Å². The summed E-state index contributed by atoms with van der Waals surface area (Å²) in [7, 11) is 0. The van der Waals surface area contributed by atoms with Crippen LogP contribution in [0.3, 0.4) is 0 Å². The summed E-state index contributed by atoms with van der Waals surface area (Å²) < 4.78 is 0. The summed E-state index contributed by atoms with van der Waals surface area (Å²) in [4.78, 5) is 4.30. The molecular formula is C15H20N2. The Hall–Kier alpha value is -1.15. The van der Waals surface area contributed by atoms with Gasteiger partial charge < -0.3 is 5.32 Å². The molecule has 0 spiro atoms. The van der Waals surface area contributed by atoms with Crippen molar-refractivity contribution in [1.82, 2.24) is 10.3 Å². The summed E-state index contributed by atoms with van der Waals surface area (Å²) in [6.07, 6.45) is 11.7. The van der Waals surface area contributed by atoms with Gasteiger partial charge in [0.25, 0.3) is 0 Å². The van der Waals surface area contributed by atoms with E-state index in [0.29, 0.717) is 6.04 Å². The van der Waals surface area contributed by atoms with Gasteiger partial charge >= 0.3 is 0 Å². The minimum Gasteiger partial charge on any atom is -0.310 e. The number of allylic oxidation sites excluding steroid dienone is 1. The standard InChI is InChI=1S/C15H20N2/c1-11-7-14(10-16-9-11)13-5-4-12-3-2-6-17-15(12)8-13/h7-10,12,15,17H,2-6H2,1H3. The lowest BCUT2D eigenvalue weighted by Gasteiger charge is -2.35. The van der Waals surface area contributed by atoms with E-state index in [4.69, 9.17) is 0 Å². The maximum absolute atomic E-state index is 4.30. The summed E-state index contributed by atoms with van der Waals surface area (Å²) in [6, 6.07) is 2.86. The number of hydrogen-bond acceptors (Lipinski definition) is 2. The van der Waals surface area contributed by atoms with E-state index in [0.717, 1.165) is 5.92 Å². The molecule has 2 heteroatoms. The van der Waals surface area contributed by atoms with Crippen molar-refractivity contribution in [1.29, 1.82) is 0 Å². The second-order valence-corrected chi connectivity index (χ2v) is 5.36. The molecule has 1 aliphatic heterocycles. The molecule has 0 amide bonds. The van der Waals surface area contributed by atoms with Gasteiger partial charge in [0.2, 0.25) is 0 Å². The maximum Gasteiger partial charge on any atom is 0.0343 e. The van der Waals surface area contributed by atoms with Crippen LogP contribution in [0.2, 0.25) is 0 Å². The van der Waals surface area contributed by atoms with E-state index in [1.54, 1.807) is 0 Å². The number of fused-ring (bicyclic) bond motifs is 1.